The predicted octanol–water partition coefficient (Wildman–Crippen LogP) is 0.326. The third-order valence-electron chi connectivity index (χ3n) is 2.68. The van der Waals surface area contributed by atoms with Gasteiger partial charge in [-0.3, -0.25) is 9.59 Å². The number of halogens is 1. The minimum atomic E-state index is -0.395. The van der Waals surface area contributed by atoms with Crippen molar-refractivity contribution < 1.29 is 9.59 Å². The number of pyridine rings is 1. The molecule has 0 spiro atoms. The minimum absolute atomic E-state index is 0.00867. The molecular weight excluding hydrogens is 256 g/mol. The van der Waals surface area contributed by atoms with E-state index in [4.69, 9.17) is 17.3 Å². The fourth-order valence-electron chi connectivity index (χ4n) is 1.75. The summed E-state index contributed by atoms with van der Waals surface area (Å²) in [7, 11) is 0. The molecule has 4 N–H and O–H groups in total. The molecule has 1 aromatic rings. The smallest absolute Gasteiger partial charge is 0.271 e. The summed E-state index contributed by atoms with van der Waals surface area (Å²) in [6, 6.07) is 3.02. The van der Waals surface area contributed by atoms with Gasteiger partial charge in [-0.2, -0.15) is 0 Å². The van der Waals surface area contributed by atoms with Crippen LogP contribution in [-0.2, 0) is 4.79 Å². The number of carbonyl (C=O) groups excluding carboxylic acids is 2. The molecule has 0 bridgehead atoms. The molecule has 0 aliphatic carbocycles. The van der Waals surface area contributed by atoms with Crippen molar-refractivity contribution in [2.45, 2.75) is 18.9 Å². The van der Waals surface area contributed by atoms with Crippen LogP contribution in [0.15, 0.2) is 12.1 Å². The molecule has 0 radical (unpaired) electrons. The Bertz CT molecular complexity index is 492. The number of nitrogens with zero attached hydrogens (tertiary/aromatic N) is 1. The van der Waals surface area contributed by atoms with Gasteiger partial charge in [-0.15, -0.1) is 0 Å². The number of anilines is 1. The van der Waals surface area contributed by atoms with Crippen molar-refractivity contribution in [1.29, 1.82) is 0 Å². The fraction of sp³-hybridized carbons (Fsp3) is 0.364. The van der Waals surface area contributed by atoms with E-state index in [1.807, 2.05) is 0 Å². The zero-order chi connectivity index (χ0) is 13.1. The lowest BCUT2D eigenvalue weighted by atomic mass is 10.2. The van der Waals surface area contributed by atoms with Gasteiger partial charge in [0.15, 0.2) is 0 Å². The van der Waals surface area contributed by atoms with E-state index < -0.39 is 5.91 Å². The quantitative estimate of drug-likeness (QED) is 0.736. The predicted molar refractivity (Wildman–Crippen MR) is 67.2 cm³/mol. The third-order valence-corrected chi connectivity index (χ3v) is 2.98. The van der Waals surface area contributed by atoms with Gasteiger partial charge in [0, 0.05) is 19.0 Å². The van der Waals surface area contributed by atoms with Crippen molar-refractivity contribution in [1.82, 2.24) is 15.6 Å². The lowest BCUT2D eigenvalue weighted by Crippen LogP contribution is -2.38. The first kappa shape index (κ1) is 12.6. The van der Waals surface area contributed by atoms with Gasteiger partial charge < -0.3 is 16.4 Å². The van der Waals surface area contributed by atoms with Gasteiger partial charge in [-0.25, -0.2) is 4.98 Å². The monoisotopic (exact) mass is 268 g/mol. The molecule has 96 valence electrons. The third kappa shape index (κ3) is 2.89. The topological polar surface area (TPSA) is 97.1 Å². The summed E-state index contributed by atoms with van der Waals surface area (Å²) < 4.78 is 0. The molecule has 1 atom stereocenters. The number of aromatic nitrogens is 1. The van der Waals surface area contributed by atoms with E-state index in [1.165, 1.54) is 12.1 Å². The molecule has 18 heavy (non-hydrogen) atoms. The van der Waals surface area contributed by atoms with Crippen LogP contribution in [0.4, 0.5) is 5.82 Å². The van der Waals surface area contributed by atoms with Crippen LogP contribution in [0.2, 0.25) is 5.02 Å². The number of amides is 2. The van der Waals surface area contributed by atoms with E-state index in [9.17, 15) is 9.59 Å². The summed E-state index contributed by atoms with van der Waals surface area (Å²) in [5, 5.41) is 5.68. The Morgan fingerprint density at radius 3 is 3.06 bits per heavy atom. The standard InChI is InChI=1S/C11H13ClN4O2/c12-7-2-3-8(13)16-10(7)11(18)14-5-6-1-4-9(17)15-6/h2-3,6H,1,4-5H2,(H2,13,16)(H,14,18)(H,15,17). The van der Waals surface area contributed by atoms with Crippen molar-refractivity contribution in [3.63, 3.8) is 0 Å². The maximum absolute atomic E-state index is 11.8. The summed E-state index contributed by atoms with van der Waals surface area (Å²) >= 11 is 5.86. The Morgan fingerprint density at radius 2 is 2.39 bits per heavy atom. The molecule has 1 saturated heterocycles. The van der Waals surface area contributed by atoms with E-state index in [0.717, 1.165) is 6.42 Å². The van der Waals surface area contributed by atoms with Crippen LogP contribution in [0.1, 0.15) is 23.3 Å². The second kappa shape index (κ2) is 5.22. The van der Waals surface area contributed by atoms with Gasteiger partial charge in [0.1, 0.15) is 11.5 Å². The van der Waals surface area contributed by atoms with E-state index in [-0.39, 0.29) is 28.5 Å². The van der Waals surface area contributed by atoms with Crippen LogP contribution in [0.25, 0.3) is 0 Å². The Balaban J connectivity index is 1.95. The van der Waals surface area contributed by atoms with Gasteiger partial charge >= 0.3 is 0 Å². The van der Waals surface area contributed by atoms with Crippen molar-refractivity contribution >= 4 is 29.2 Å². The number of nitrogen functional groups attached to an aromatic ring is 1. The van der Waals surface area contributed by atoms with E-state index in [0.29, 0.717) is 13.0 Å². The number of nitrogens with one attached hydrogen (secondary N) is 2. The average molecular weight is 269 g/mol. The Labute approximate surface area is 109 Å². The van der Waals surface area contributed by atoms with E-state index >= 15 is 0 Å². The van der Waals surface area contributed by atoms with Crippen molar-refractivity contribution in [3.8, 4) is 0 Å². The van der Waals surface area contributed by atoms with E-state index in [2.05, 4.69) is 15.6 Å². The highest BCUT2D eigenvalue weighted by molar-refractivity contribution is 6.33. The molecular formula is C11H13ClN4O2. The molecule has 7 heteroatoms. The van der Waals surface area contributed by atoms with Crippen LogP contribution in [-0.4, -0.2) is 29.4 Å². The highest BCUT2D eigenvalue weighted by Crippen LogP contribution is 2.15. The lowest BCUT2D eigenvalue weighted by molar-refractivity contribution is -0.119. The first-order valence-electron chi connectivity index (χ1n) is 5.56. The maximum Gasteiger partial charge on any atom is 0.271 e. The lowest BCUT2D eigenvalue weighted by Gasteiger charge is -2.11. The zero-order valence-electron chi connectivity index (χ0n) is 9.57. The highest BCUT2D eigenvalue weighted by atomic mass is 35.5. The minimum Gasteiger partial charge on any atom is -0.384 e. The first-order chi connectivity index (χ1) is 8.56. The molecule has 1 fully saturated rings. The number of carbonyl (C=O) groups is 2. The van der Waals surface area contributed by atoms with Gasteiger partial charge in [-0.05, 0) is 18.6 Å². The average Bonchev–Trinajstić information content (AvgIpc) is 2.75. The summed E-state index contributed by atoms with van der Waals surface area (Å²) in [5.41, 5.74) is 5.59. The summed E-state index contributed by atoms with van der Waals surface area (Å²) in [6.07, 6.45) is 1.22. The van der Waals surface area contributed by atoms with Crippen LogP contribution < -0.4 is 16.4 Å². The van der Waals surface area contributed by atoms with Gasteiger partial charge in [0.2, 0.25) is 5.91 Å². The molecule has 2 heterocycles. The number of nitrogens with two attached hydrogens (primary N) is 1. The number of rotatable bonds is 3. The number of hydrogen-bond donors (Lipinski definition) is 3. The summed E-state index contributed by atoms with van der Waals surface area (Å²) in [4.78, 5) is 26.7. The highest BCUT2D eigenvalue weighted by Gasteiger charge is 2.22. The number of hydrogen-bond acceptors (Lipinski definition) is 4. The summed E-state index contributed by atoms with van der Waals surface area (Å²) in [5.74, 6) is -0.151. The molecule has 1 aliphatic heterocycles. The second-order valence-corrected chi connectivity index (χ2v) is 4.49. The Hall–Kier alpha value is -1.82. The van der Waals surface area contributed by atoms with E-state index in [1.54, 1.807) is 0 Å². The van der Waals surface area contributed by atoms with Crippen molar-refractivity contribution in [3.05, 3.63) is 22.8 Å². The Kier molecular flexibility index (Phi) is 3.66. The largest absolute Gasteiger partial charge is 0.384 e. The molecule has 2 amide bonds. The molecule has 1 aromatic heterocycles. The molecule has 0 saturated carbocycles. The second-order valence-electron chi connectivity index (χ2n) is 4.08. The zero-order valence-corrected chi connectivity index (χ0v) is 10.3. The van der Waals surface area contributed by atoms with Gasteiger partial charge in [0.05, 0.1) is 5.02 Å². The van der Waals surface area contributed by atoms with Crippen LogP contribution in [0, 0.1) is 0 Å². The first-order valence-corrected chi connectivity index (χ1v) is 5.93. The van der Waals surface area contributed by atoms with Crippen molar-refractivity contribution in [2.24, 2.45) is 0 Å². The van der Waals surface area contributed by atoms with Crippen molar-refractivity contribution in [2.75, 3.05) is 12.3 Å². The van der Waals surface area contributed by atoms with Crippen LogP contribution in [0.5, 0.6) is 0 Å². The Morgan fingerprint density at radius 1 is 1.61 bits per heavy atom. The fourth-order valence-corrected chi connectivity index (χ4v) is 1.94. The van der Waals surface area contributed by atoms with Gasteiger partial charge in [-0.1, -0.05) is 11.6 Å². The normalized spacial score (nSPS) is 18.5. The molecule has 6 nitrogen and oxygen atoms in total. The molecule has 1 unspecified atom stereocenters. The molecule has 0 aromatic carbocycles. The molecule has 1 aliphatic rings. The van der Waals surface area contributed by atoms with Crippen LogP contribution in [0.3, 0.4) is 0 Å². The SMILES string of the molecule is Nc1ccc(Cl)c(C(=O)NCC2CCC(=O)N2)n1. The maximum atomic E-state index is 11.8. The van der Waals surface area contributed by atoms with Crippen LogP contribution >= 0.6 is 11.6 Å². The summed E-state index contributed by atoms with van der Waals surface area (Å²) in [6.45, 7) is 0.359. The van der Waals surface area contributed by atoms with Gasteiger partial charge in [0.25, 0.3) is 5.91 Å². The molecule has 2 rings (SSSR count).